The highest BCUT2D eigenvalue weighted by atomic mass is 16.6. The van der Waals surface area contributed by atoms with Crippen LogP contribution in [0, 0.1) is 0 Å². The van der Waals surface area contributed by atoms with Crippen LogP contribution in [0.4, 0.5) is 0 Å². The van der Waals surface area contributed by atoms with E-state index in [0.29, 0.717) is 6.61 Å². The lowest BCUT2D eigenvalue weighted by Crippen LogP contribution is -2.21. The number of nitrogens with one attached hydrogen (secondary N) is 1. The highest BCUT2D eigenvalue weighted by molar-refractivity contribution is 5.95. The molecule has 0 bridgehead atoms. The lowest BCUT2D eigenvalue weighted by atomic mass is 10.1. The minimum Gasteiger partial charge on any atom is -0.273 e. The number of benzene rings is 1. The first-order valence-corrected chi connectivity index (χ1v) is 3.88. The maximum absolute atomic E-state index is 11.3. The number of hydrogen-bond donors (Lipinski definition) is 1. The quantitative estimate of drug-likeness (QED) is 0.617. The van der Waals surface area contributed by atoms with Gasteiger partial charge in [0.2, 0.25) is 0 Å². The van der Waals surface area contributed by atoms with Crippen LogP contribution in [0.1, 0.15) is 15.9 Å². The number of rotatable bonds is 0. The van der Waals surface area contributed by atoms with Crippen LogP contribution in [0.5, 0.6) is 0 Å². The standard InChI is InChI=1S/C9H9NO2/c11-9-8-4-2-1-3-7(8)5-6-12-10-9/h1-4H,5-6H2,(H,10,11). The molecule has 62 valence electrons. The molecule has 2 rings (SSSR count). The molecule has 0 saturated carbocycles. The van der Waals surface area contributed by atoms with Crippen LogP contribution in [0.15, 0.2) is 24.3 Å². The molecule has 0 spiro atoms. The predicted octanol–water partition coefficient (Wildman–Crippen LogP) is 0.904. The summed E-state index contributed by atoms with van der Waals surface area (Å²) in [5.74, 6) is -0.150. The Morgan fingerprint density at radius 2 is 2.17 bits per heavy atom. The predicted molar refractivity (Wildman–Crippen MR) is 43.6 cm³/mol. The van der Waals surface area contributed by atoms with E-state index in [1.165, 1.54) is 0 Å². The highest BCUT2D eigenvalue weighted by Crippen LogP contribution is 2.11. The van der Waals surface area contributed by atoms with Crippen LogP contribution >= 0.6 is 0 Å². The average molecular weight is 163 g/mol. The van der Waals surface area contributed by atoms with Gasteiger partial charge in [0, 0.05) is 5.56 Å². The third kappa shape index (κ3) is 1.19. The van der Waals surface area contributed by atoms with E-state index in [2.05, 4.69) is 5.48 Å². The third-order valence-corrected chi connectivity index (χ3v) is 1.90. The van der Waals surface area contributed by atoms with Gasteiger partial charge in [-0.3, -0.25) is 9.63 Å². The van der Waals surface area contributed by atoms with Gasteiger partial charge in [0.05, 0.1) is 6.61 Å². The minimum absolute atomic E-state index is 0.150. The van der Waals surface area contributed by atoms with Crippen molar-refractivity contribution in [3.8, 4) is 0 Å². The number of carbonyl (C=O) groups is 1. The van der Waals surface area contributed by atoms with Crippen molar-refractivity contribution >= 4 is 5.91 Å². The van der Waals surface area contributed by atoms with Gasteiger partial charge in [0.1, 0.15) is 0 Å². The van der Waals surface area contributed by atoms with Crippen molar-refractivity contribution in [3.63, 3.8) is 0 Å². The molecule has 0 fully saturated rings. The zero-order valence-corrected chi connectivity index (χ0v) is 6.54. The Morgan fingerprint density at radius 1 is 1.33 bits per heavy atom. The zero-order chi connectivity index (χ0) is 8.39. The Bertz CT molecular complexity index is 309. The number of hydroxylamine groups is 1. The molecule has 0 aliphatic carbocycles. The molecule has 1 aromatic carbocycles. The molecule has 3 heteroatoms. The van der Waals surface area contributed by atoms with Crippen molar-refractivity contribution in [2.45, 2.75) is 6.42 Å². The summed E-state index contributed by atoms with van der Waals surface area (Å²) in [7, 11) is 0. The second-order valence-corrected chi connectivity index (χ2v) is 2.69. The van der Waals surface area contributed by atoms with Crippen molar-refractivity contribution in [2.75, 3.05) is 6.61 Å². The van der Waals surface area contributed by atoms with E-state index < -0.39 is 0 Å². The molecule has 12 heavy (non-hydrogen) atoms. The molecule has 0 atom stereocenters. The van der Waals surface area contributed by atoms with Gasteiger partial charge in [0.25, 0.3) is 5.91 Å². The fraction of sp³-hybridized carbons (Fsp3) is 0.222. The molecular weight excluding hydrogens is 154 g/mol. The summed E-state index contributed by atoms with van der Waals surface area (Å²) in [5.41, 5.74) is 4.13. The number of carbonyl (C=O) groups excluding carboxylic acids is 1. The van der Waals surface area contributed by atoms with Gasteiger partial charge >= 0.3 is 0 Å². The fourth-order valence-corrected chi connectivity index (χ4v) is 1.29. The number of hydrogen-bond acceptors (Lipinski definition) is 2. The van der Waals surface area contributed by atoms with E-state index in [-0.39, 0.29) is 5.91 Å². The number of fused-ring (bicyclic) bond motifs is 1. The van der Waals surface area contributed by atoms with E-state index in [1.807, 2.05) is 18.2 Å². The van der Waals surface area contributed by atoms with Gasteiger partial charge in [-0.05, 0) is 18.1 Å². The molecule has 0 unspecified atom stereocenters. The first kappa shape index (κ1) is 7.31. The molecule has 0 aromatic heterocycles. The van der Waals surface area contributed by atoms with E-state index in [4.69, 9.17) is 4.84 Å². The molecule has 0 radical (unpaired) electrons. The SMILES string of the molecule is O=C1NOCCc2ccccc21. The molecule has 1 heterocycles. The van der Waals surface area contributed by atoms with Crippen molar-refractivity contribution in [2.24, 2.45) is 0 Å². The van der Waals surface area contributed by atoms with Gasteiger partial charge in [-0.25, -0.2) is 5.48 Å². The van der Waals surface area contributed by atoms with E-state index in [1.54, 1.807) is 6.07 Å². The molecular formula is C9H9NO2. The molecule has 1 aliphatic rings. The molecule has 1 amide bonds. The Balaban J connectivity index is 2.46. The second-order valence-electron chi connectivity index (χ2n) is 2.69. The monoisotopic (exact) mass is 163 g/mol. The fourth-order valence-electron chi connectivity index (χ4n) is 1.29. The van der Waals surface area contributed by atoms with E-state index in [0.717, 1.165) is 17.5 Å². The van der Waals surface area contributed by atoms with Gasteiger partial charge in [-0.2, -0.15) is 0 Å². The second kappa shape index (κ2) is 2.95. The maximum atomic E-state index is 11.3. The Kier molecular flexibility index (Phi) is 1.80. The van der Waals surface area contributed by atoms with E-state index in [9.17, 15) is 4.79 Å². The summed E-state index contributed by atoms with van der Waals surface area (Å²) >= 11 is 0. The molecule has 3 nitrogen and oxygen atoms in total. The molecule has 1 aromatic rings. The summed E-state index contributed by atoms with van der Waals surface area (Å²) in [6, 6.07) is 7.53. The topological polar surface area (TPSA) is 38.3 Å². The van der Waals surface area contributed by atoms with Gasteiger partial charge in [0.15, 0.2) is 0 Å². The third-order valence-electron chi connectivity index (χ3n) is 1.90. The van der Waals surface area contributed by atoms with Crippen molar-refractivity contribution < 1.29 is 9.63 Å². The van der Waals surface area contributed by atoms with Crippen LogP contribution in [0.25, 0.3) is 0 Å². The van der Waals surface area contributed by atoms with E-state index >= 15 is 0 Å². The van der Waals surface area contributed by atoms with Gasteiger partial charge in [-0.15, -0.1) is 0 Å². The van der Waals surface area contributed by atoms with Crippen LogP contribution in [-0.2, 0) is 11.3 Å². The Labute approximate surface area is 70.3 Å². The van der Waals surface area contributed by atoms with Gasteiger partial charge < -0.3 is 0 Å². The van der Waals surface area contributed by atoms with Crippen LogP contribution in [0.2, 0.25) is 0 Å². The number of amides is 1. The first-order chi connectivity index (χ1) is 5.88. The summed E-state index contributed by atoms with van der Waals surface area (Å²) in [6.07, 6.45) is 0.787. The highest BCUT2D eigenvalue weighted by Gasteiger charge is 2.13. The summed E-state index contributed by atoms with van der Waals surface area (Å²) in [6.45, 7) is 0.544. The summed E-state index contributed by atoms with van der Waals surface area (Å²) in [4.78, 5) is 16.2. The van der Waals surface area contributed by atoms with Crippen LogP contribution in [0.3, 0.4) is 0 Å². The molecule has 0 saturated heterocycles. The minimum atomic E-state index is -0.150. The first-order valence-electron chi connectivity index (χ1n) is 3.88. The lowest BCUT2D eigenvalue weighted by Gasteiger charge is -2.00. The summed E-state index contributed by atoms with van der Waals surface area (Å²) < 4.78 is 0. The van der Waals surface area contributed by atoms with Crippen molar-refractivity contribution in [3.05, 3.63) is 35.4 Å². The van der Waals surface area contributed by atoms with Gasteiger partial charge in [-0.1, -0.05) is 18.2 Å². The largest absolute Gasteiger partial charge is 0.275 e. The molecule has 1 aliphatic heterocycles. The average Bonchev–Trinajstić information content (AvgIpc) is 2.29. The van der Waals surface area contributed by atoms with Crippen molar-refractivity contribution in [1.29, 1.82) is 0 Å². The summed E-state index contributed by atoms with van der Waals surface area (Å²) in [5, 5.41) is 0. The zero-order valence-electron chi connectivity index (χ0n) is 6.54. The maximum Gasteiger partial charge on any atom is 0.275 e. The Hall–Kier alpha value is -1.35. The normalized spacial score (nSPS) is 16.2. The Morgan fingerprint density at radius 3 is 3.08 bits per heavy atom. The van der Waals surface area contributed by atoms with Crippen LogP contribution in [-0.4, -0.2) is 12.5 Å². The molecule has 1 N–H and O–H groups in total. The van der Waals surface area contributed by atoms with Crippen LogP contribution < -0.4 is 5.48 Å². The van der Waals surface area contributed by atoms with Crippen molar-refractivity contribution in [1.82, 2.24) is 5.48 Å². The smallest absolute Gasteiger partial charge is 0.273 e. The lowest BCUT2D eigenvalue weighted by molar-refractivity contribution is 0.0358.